The number of hydrogen-bond donors (Lipinski definition) is 1. The number of fused-ring (bicyclic) bond motifs is 1. The zero-order chi connectivity index (χ0) is 15.1. The molecule has 1 heterocycles. The predicted molar refractivity (Wildman–Crippen MR) is 89.0 cm³/mol. The van der Waals surface area contributed by atoms with Gasteiger partial charge in [-0.25, -0.2) is 0 Å². The summed E-state index contributed by atoms with van der Waals surface area (Å²) in [5.74, 6) is 1.27. The van der Waals surface area contributed by atoms with Crippen LogP contribution in [0.3, 0.4) is 0 Å². The third kappa shape index (κ3) is 2.60. The van der Waals surface area contributed by atoms with Crippen LogP contribution in [0.4, 0.5) is 11.4 Å². The summed E-state index contributed by atoms with van der Waals surface area (Å²) in [6.07, 6.45) is 5.51. The Bertz CT molecular complexity index is 569. The van der Waals surface area contributed by atoms with E-state index in [1.807, 2.05) is 11.0 Å². The molecule has 2 saturated carbocycles. The maximum atomic E-state index is 12.9. The van der Waals surface area contributed by atoms with Crippen LogP contribution in [0.15, 0.2) is 24.3 Å². The van der Waals surface area contributed by atoms with Crippen LogP contribution in [0.2, 0.25) is 0 Å². The Balaban J connectivity index is 1.57. The van der Waals surface area contributed by atoms with E-state index in [0.717, 1.165) is 50.5 Å². The minimum absolute atomic E-state index is 0.123. The number of hydrogen-bond acceptors (Lipinski definition) is 3. The first-order chi connectivity index (χ1) is 10.7. The van der Waals surface area contributed by atoms with Gasteiger partial charge in [0.1, 0.15) is 0 Å². The molecule has 1 aromatic rings. The molecule has 3 aliphatic rings. The predicted octanol–water partition coefficient (Wildman–Crippen LogP) is 2.38. The lowest BCUT2D eigenvalue weighted by molar-refractivity contribution is -0.122. The van der Waals surface area contributed by atoms with Crippen LogP contribution in [0.25, 0.3) is 0 Å². The summed E-state index contributed by atoms with van der Waals surface area (Å²) in [5, 5.41) is 0. The molecule has 2 aliphatic carbocycles. The molecule has 118 valence electrons. The number of nitrogens with zero attached hydrogens (tertiary/aromatic N) is 2. The quantitative estimate of drug-likeness (QED) is 0.932. The third-order valence-corrected chi connectivity index (χ3v) is 5.37. The Morgan fingerprint density at radius 2 is 1.86 bits per heavy atom. The van der Waals surface area contributed by atoms with E-state index < -0.39 is 0 Å². The van der Waals surface area contributed by atoms with Gasteiger partial charge in [-0.3, -0.25) is 4.79 Å². The van der Waals surface area contributed by atoms with Crippen LogP contribution in [0.1, 0.15) is 32.1 Å². The minimum Gasteiger partial charge on any atom is -0.368 e. The van der Waals surface area contributed by atoms with Gasteiger partial charge in [0.2, 0.25) is 5.91 Å². The molecule has 1 aromatic carbocycles. The van der Waals surface area contributed by atoms with Crippen LogP contribution in [0.5, 0.6) is 0 Å². The second-order valence-corrected chi connectivity index (χ2v) is 7.14. The van der Waals surface area contributed by atoms with Crippen molar-refractivity contribution in [2.24, 2.45) is 17.6 Å². The zero-order valence-electron chi connectivity index (χ0n) is 13.1. The van der Waals surface area contributed by atoms with Crippen molar-refractivity contribution in [1.29, 1.82) is 0 Å². The monoisotopic (exact) mass is 299 g/mol. The van der Waals surface area contributed by atoms with Gasteiger partial charge in [0.15, 0.2) is 0 Å². The molecule has 2 unspecified atom stereocenters. The van der Waals surface area contributed by atoms with Crippen molar-refractivity contribution in [1.82, 2.24) is 0 Å². The van der Waals surface area contributed by atoms with Gasteiger partial charge in [-0.15, -0.1) is 0 Å². The van der Waals surface area contributed by atoms with Gasteiger partial charge in [-0.05, 0) is 50.2 Å². The average molecular weight is 299 g/mol. The van der Waals surface area contributed by atoms with Gasteiger partial charge >= 0.3 is 0 Å². The van der Waals surface area contributed by atoms with E-state index in [1.165, 1.54) is 18.5 Å². The molecule has 2 atom stereocenters. The van der Waals surface area contributed by atoms with E-state index in [9.17, 15) is 4.79 Å². The normalized spacial score (nSPS) is 27.9. The number of anilines is 2. The van der Waals surface area contributed by atoms with Crippen molar-refractivity contribution in [3.63, 3.8) is 0 Å². The molecule has 0 radical (unpaired) electrons. The fourth-order valence-corrected chi connectivity index (χ4v) is 3.91. The van der Waals surface area contributed by atoms with E-state index in [2.05, 4.69) is 23.1 Å². The highest BCUT2D eigenvalue weighted by Gasteiger charge is 2.35. The average Bonchev–Trinajstić information content (AvgIpc) is 3.25. The van der Waals surface area contributed by atoms with Gasteiger partial charge in [-0.2, -0.15) is 0 Å². The summed E-state index contributed by atoms with van der Waals surface area (Å²) in [6, 6.07) is 8.59. The van der Waals surface area contributed by atoms with Crippen LogP contribution in [0, 0.1) is 11.8 Å². The van der Waals surface area contributed by atoms with Gasteiger partial charge in [0.25, 0.3) is 0 Å². The molecule has 1 aliphatic heterocycles. The summed E-state index contributed by atoms with van der Waals surface area (Å²) < 4.78 is 0. The van der Waals surface area contributed by atoms with E-state index in [-0.39, 0.29) is 17.9 Å². The van der Waals surface area contributed by atoms with Crippen LogP contribution < -0.4 is 15.5 Å². The number of benzene rings is 1. The minimum atomic E-state index is 0.123. The Morgan fingerprint density at radius 3 is 2.55 bits per heavy atom. The van der Waals surface area contributed by atoms with Crippen molar-refractivity contribution in [2.75, 3.05) is 29.4 Å². The zero-order valence-corrected chi connectivity index (χ0v) is 13.1. The van der Waals surface area contributed by atoms with Crippen LogP contribution in [-0.2, 0) is 4.79 Å². The third-order valence-electron chi connectivity index (χ3n) is 5.37. The lowest BCUT2D eigenvalue weighted by atomic mass is 10.0. The molecule has 22 heavy (non-hydrogen) atoms. The van der Waals surface area contributed by atoms with Gasteiger partial charge in [-0.1, -0.05) is 12.1 Å². The Hall–Kier alpha value is -1.55. The first kappa shape index (κ1) is 14.1. The summed E-state index contributed by atoms with van der Waals surface area (Å²) in [5.41, 5.74) is 8.32. The van der Waals surface area contributed by atoms with Gasteiger partial charge in [0, 0.05) is 31.6 Å². The number of amides is 1. The molecule has 0 aromatic heterocycles. The summed E-state index contributed by atoms with van der Waals surface area (Å²) in [6.45, 7) is 2.92. The van der Waals surface area contributed by atoms with Crippen molar-refractivity contribution >= 4 is 17.3 Å². The van der Waals surface area contributed by atoms with Crippen molar-refractivity contribution in [3.8, 4) is 0 Å². The highest BCUT2D eigenvalue weighted by Crippen LogP contribution is 2.38. The smallest absolute Gasteiger partial charge is 0.230 e. The molecule has 4 heteroatoms. The van der Waals surface area contributed by atoms with E-state index in [1.54, 1.807) is 0 Å². The van der Waals surface area contributed by atoms with E-state index >= 15 is 0 Å². The molecule has 4 rings (SSSR count). The number of para-hydroxylation sites is 2. The van der Waals surface area contributed by atoms with E-state index in [0.29, 0.717) is 0 Å². The molecule has 0 saturated heterocycles. The Morgan fingerprint density at radius 1 is 1.09 bits per heavy atom. The lowest BCUT2D eigenvalue weighted by Crippen LogP contribution is -2.46. The molecular weight excluding hydrogens is 274 g/mol. The second-order valence-electron chi connectivity index (χ2n) is 7.14. The molecule has 0 bridgehead atoms. The maximum Gasteiger partial charge on any atom is 0.230 e. The van der Waals surface area contributed by atoms with Crippen molar-refractivity contribution in [3.05, 3.63) is 24.3 Å². The fraction of sp³-hybridized carbons (Fsp3) is 0.611. The number of nitrogens with two attached hydrogens (primary N) is 1. The molecule has 1 amide bonds. The second kappa shape index (κ2) is 5.58. The maximum absolute atomic E-state index is 12.9. The van der Waals surface area contributed by atoms with Gasteiger partial charge < -0.3 is 15.5 Å². The summed E-state index contributed by atoms with van der Waals surface area (Å²) >= 11 is 0. The summed E-state index contributed by atoms with van der Waals surface area (Å²) in [7, 11) is 0. The highest BCUT2D eigenvalue weighted by molar-refractivity contribution is 5.99. The number of rotatable bonds is 3. The Labute approximate surface area is 132 Å². The first-order valence-electron chi connectivity index (χ1n) is 8.63. The van der Waals surface area contributed by atoms with Crippen LogP contribution >= 0.6 is 0 Å². The first-order valence-corrected chi connectivity index (χ1v) is 8.63. The highest BCUT2D eigenvalue weighted by atomic mass is 16.2. The van der Waals surface area contributed by atoms with Crippen molar-refractivity contribution in [2.45, 2.75) is 38.1 Å². The topological polar surface area (TPSA) is 49.6 Å². The van der Waals surface area contributed by atoms with Gasteiger partial charge in [0.05, 0.1) is 11.4 Å². The Kier molecular flexibility index (Phi) is 3.57. The van der Waals surface area contributed by atoms with Crippen molar-refractivity contribution < 1.29 is 4.79 Å². The largest absolute Gasteiger partial charge is 0.368 e. The lowest BCUT2D eigenvalue weighted by Gasteiger charge is -2.38. The molecule has 4 nitrogen and oxygen atoms in total. The fourth-order valence-electron chi connectivity index (χ4n) is 3.91. The molecule has 2 fully saturated rings. The summed E-state index contributed by atoms with van der Waals surface area (Å²) in [4.78, 5) is 17.4. The number of carbonyl (C=O) groups is 1. The standard InChI is InChI=1S/C18H25N3O/c19-15-8-7-14(11-15)18(22)21-10-9-20(12-13-5-6-13)16-3-1-2-4-17(16)21/h1-4,13-15H,5-12,19H2. The number of carbonyl (C=O) groups excluding carboxylic acids is 1. The van der Waals surface area contributed by atoms with E-state index in [4.69, 9.17) is 5.73 Å². The molecule has 2 N–H and O–H groups in total. The SMILES string of the molecule is NC1CCC(C(=O)N2CCN(CC3CC3)c3ccccc32)C1. The molecular formula is C18H25N3O. The van der Waals surface area contributed by atoms with Crippen LogP contribution in [-0.4, -0.2) is 31.6 Å². The molecule has 0 spiro atoms.